The largest absolute Gasteiger partial charge is 0.315 e. The summed E-state index contributed by atoms with van der Waals surface area (Å²) >= 11 is 0. The van der Waals surface area contributed by atoms with E-state index in [9.17, 15) is 0 Å². The maximum atomic E-state index is 4.41. The predicted octanol–water partition coefficient (Wildman–Crippen LogP) is 1.65. The lowest BCUT2D eigenvalue weighted by Gasteiger charge is -2.40. The number of hydrogen-bond donors (Lipinski definition) is 1. The van der Waals surface area contributed by atoms with Crippen molar-refractivity contribution in [2.24, 2.45) is 5.92 Å². The molecule has 3 rings (SSSR count). The van der Waals surface area contributed by atoms with E-state index in [1.165, 1.54) is 31.5 Å². The van der Waals surface area contributed by atoms with Crippen LogP contribution in [0.15, 0.2) is 12.4 Å². The van der Waals surface area contributed by atoms with E-state index in [1.54, 1.807) is 0 Å². The number of fused-ring (bicyclic) bond motifs is 1. The van der Waals surface area contributed by atoms with Gasteiger partial charge in [-0.2, -0.15) is 5.10 Å². The molecule has 2 aliphatic heterocycles. The first kappa shape index (κ1) is 12.2. The molecule has 3 heterocycles. The van der Waals surface area contributed by atoms with Crippen LogP contribution in [-0.4, -0.2) is 40.4 Å². The number of rotatable bonds is 3. The monoisotopic (exact) mass is 248 g/mol. The van der Waals surface area contributed by atoms with Crippen LogP contribution in [-0.2, 0) is 6.54 Å². The minimum atomic E-state index is 0.498. The van der Waals surface area contributed by atoms with E-state index in [1.807, 2.05) is 10.9 Å². The molecule has 4 heteroatoms. The molecule has 4 nitrogen and oxygen atoms in total. The van der Waals surface area contributed by atoms with Gasteiger partial charge in [0.25, 0.3) is 0 Å². The quantitative estimate of drug-likeness (QED) is 0.883. The lowest BCUT2D eigenvalue weighted by atomic mass is 9.90. The van der Waals surface area contributed by atoms with Crippen molar-refractivity contribution >= 4 is 0 Å². The van der Waals surface area contributed by atoms with Crippen LogP contribution in [0.5, 0.6) is 0 Å². The molecule has 0 saturated carbocycles. The number of nitrogens with zero attached hydrogens (tertiary/aromatic N) is 3. The summed E-state index contributed by atoms with van der Waals surface area (Å²) in [6.07, 6.45) is 6.99. The molecule has 100 valence electrons. The Labute approximate surface area is 109 Å². The number of likely N-dealkylation sites (tertiary alicyclic amines) is 1. The molecular weight excluding hydrogens is 224 g/mol. The molecule has 0 bridgehead atoms. The van der Waals surface area contributed by atoms with Gasteiger partial charge in [0.15, 0.2) is 0 Å². The van der Waals surface area contributed by atoms with Gasteiger partial charge in [0.1, 0.15) is 0 Å². The van der Waals surface area contributed by atoms with Gasteiger partial charge in [0.2, 0.25) is 0 Å². The van der Waals surface area contributed by atoms with E-state index >= 15 is 0 Å². The Balaban J connectivity index is 1.76. The van der Waals surface area contributed by atoms with E-state index in [0.717, 1.165) is 25.0 Å². The average Bonchev–Trinajstić information content (AvgIpc) is 3.05. The molecule has 1 N–H and O–H groups in total. The van der Waals surface area contributed by atoms with Crippen molar-refractivity contribution in [2.45, 2.75) is 45.3 Å². The average molecular weight is 248 g/mol. The number of hydrogen-bond acceptors (Lipinski definition) is 3. The minimum Gasteiger partial charge on any atom is -0.315 e. The fraction of sp³-hybridized carbons (Fsp3) is 0.786. The molecule has 3 atom stereocenters. The summed E-state index contributed by atoms with van der Waals surface area (Å²) in [4.78, 5) is 2.69. The van der Waals surface area contributed by atoms with Crippen molar-refractivity contribution in [3.63, 3.8) is 0 Å². The van der Waals surface area contributed by atoms with Crippen molar-refractivity contribution in [3.8, 4) is 0 Å². The summed E-state index contributed by atoms with van der Waals surface area (Å²) in [7, 11) is 0. The third-order valence-corrected chi connectivity index (χ3v) is 4.68. The van der Waals surface area contributed by atoms with Crippen molar-refractivity contribution in [3.05, 3.63) is 18.0 Å². The topological polar surface area (TPSA) is 33.1 Å². The van der Waals surface area contributed by atoms with Crippen LogP contribution in [0.25, 0.3) is 0 Å². The standard InChI is InChI=1S/C14H24N4/c1-3-17-10-13(8-16-17)11(2)18-6-4-5-12-7-15-9-14(12)18/h8,10-12,14-15H,3-7,9H2,1-2H3. The summed E-state index contributed by atoms with van der Waals surface area (Å²) < 4.78 is 2.03. The van der Waals surface area contributed by atoms with Gasteiger partial charge in [0, 0.05) is 36.9 Å². The lowest BCUT2D eigenvalue weighted by molar-refractivity contribution is 0.0847. The van der Waals surface area contributed by atoms with E-state index in [0.29, 0.717) is 6.04 Å². The highest BCUT2D eigenvalue weighted by atomic mass is 15.3. The zero-order valence-corrected chi connectivity index (χ0v) is 11.5. The zero-order chi connectivity index (χ0) is 12.5. The van der Waals surface area contributed by atoms with Gasteiger partial charge in [0.05, 0.1) is 6.20 Å². The van der Waals surface area contributed by atoms with Crippen molar-refractivity contribution in [2.75, 3.05) is 19.6 Å². The van der Waals surface area contributed by atoms with Crippen molar-refractivity contribution < 1.29 is 0 Å². The maximum absolute atomic E-state index is 4.41. The molecule has 0 spiro atoms. The minimum absolute atomic E-state index is 0.498. The van der Waals surface area contributed by atoms with Gasteiger partial charge in [-0.25, -0.2) is 0 Å². The molecule has 2 aliphatic rings. The molecule has 18 heavy (non-hydrogen) atoms. The second-order valence-corrected chi connectivity index (χ2v) is 5.67. The number of aromatic nitrogens is 2. The molecule has 2 fully saturated rings. The molecule has 3 unspecified atom stereocenters. The normalized spacial score (nSPS) is 30.3. The first-order valence-corrected chi connectivity index (χ1v) is 7.28. The van der Waals surface area contributed by atoms with Crippen molar-refractivity contribution in [1.82, 2.24) is 20.0 Å². The molecule has 1 aromatic heterocycles. The Morgan fingerprint density at radius 3 is 3.17 bits per heavy atom. The zero-order valence-electron chi connectivity index (χ0n) is 11.5. The van der Waals surface area contributed by atoms with Crippen LogP contribution in [0.3, 0.4) is 0 Å². The Bertz CT molecular complexity index is 400. The van der Waals surface area contributed by atoms with Crippen LogP contribution >= 0.6 is 0 Å². The van der Waals surface area contributed by atoms with E-state index in [4.69, 9.17) is 0 Å². The first-order valence-electron chi connectivity index (χ1n) is 7.28. The van der Waals surface area contributed by atoms with Gasteiger partial charge in [-0.1, -0.05) is 0 Å². The summed E-state index contributed by atoms with van der Waals surface area (Å²) in [5.41, 5.74) is 1.37. The third kappa shape index (κ3) is 2.08. The van der Waals surface area contributed by atoms with E-state index in [2.05, 4.69) is 35.4 Å². The molecule has 2 saturated heterocycles. The van der Waals surface area contributed by atoms with Crippen LogP contribution in [0.2, 0.25) is 0 Å². The highest BCUT2D eigenvalue weighted by molar-refractivity contribution is 5.11. The smallest absolute Gasteiger partial charge is 0.0537 e. The van der Waals surface area contributed by atoms with E-state index in [-0.39, 0.29) is 0 Å². The maximum Gasteiger partial charge on any atom is 0.0537 e. The fourth-order valence-corrected chi connectivity index (χ4v) is 3.54. The second kappa shape index (κ2) is 5.02. The molecular formula is C14H24N4. The van der Waals surface area contributed by atoms with Gasteiger partial charge >= 0.3 is 0 Å². The Morgan fingerprint density at radius 1 is 1.50 bits per heavy atom. The van der Waals surface area contributed by atoms with Crippen LogP contribution in [0.4, 0.5) is 0 Å². The van der Waals surface area contributed by atoms with Gasteiger partial charge in [-0.05, 0) is 45.7 Å². The lowest BCUT2D eigenvalue weighted by Crippen LogP contribution is -2.46. The van der Waals surface area contributed by atoms with Crippen LogP contribution in [0.1, 0.15) is 38.3 Å². The van der Waals surface area contributed by atoms with Crippen LogP contribution in [0, 0.1) is 5.92 Å². The summed E-state index contributed by atoms with van der Waals surface area (Å²) in [6.45, 7) is 9.04. The Hall–Kier alpha value is -0.870. The summed E-state index contributed by atoms with van der Waals surface area (Å²) in [5, 5.41) is 7.96. The molecule has 0 aromatic carbocycles. The molecule has 1 aromatic rings. The third-order valence-electron chi connectivity index (χ3n) is 4.68. The SMILES string of the molecule is CCn1cc(C(C)N2CCCC3CNCC32)cn1. The molecule has 0 radical (unpaired) electrons. The van der Waals surface area contributed by atoms with Gasteiger partial charge < -0.3 is 5.32 Å². The van der Waals surface area contributed by atoms with Gasteiger partial charge in [-0.3, -0.25) is 9.58 Å². The summed E-state index contributed by atoms with van der Waals surface area (Å²) in [5.74, 6) is 0.863. The first-order chi connectivity index (χ1) is 8.79. The van der Waals surface area contributed by atoms with E-state index < -0.39 is 0 Å². The summed E-state index contributed by atoms with van der Waals surface area (Å²) in [6, 6.07) is 1.23. The Kier molecular flexibility index (Phi) is 3.39. The fourth-order valence-electron chi connectivity index (χ4n) is 3.54. The van der Waals surface area contributed by atoms with Gasteiger partial charge in [-0.15, -0.1) is 0 Å². The Morgan fingerprint density at radius 2 is 2.39 bits per heavy atom. The highest BCUT2D eigenvalue weighted by Crippen LogP contribution is 2.33. The number of nitrogens with one attached hydrogen (secondary N) is 1. The number of piperidine rings is 1. The molecule has 0 amide bonds. The van der Waals surface area contributed by atoms with Crippen molar-refractivity contribution in [1.29, 1.82) is 0 Å². The second-order valence-electron chi connectivity index (χ2n) is 5.67. The predicted molar refractivity (Wildman–Crippen MR) is 72.4 cm³/mol. The molecule has 0 aliphatic carbocycles. The number of aryl methyl sites for hydroxylation is 1. The van der Waals surface area contributed by atoms with Crippen LogP contribution < -0.4 is 5.32 Å². The highest BCUT2D eigenvalue weighted by Gasteiger charge is 2.37.